The second-order valence-corrected chi connectivity index (χ2v) is 9.37. The van der Waals surface area contributed by atoms with Crippen molar-refractivity contribution in [1.82, 2.24) is 34.6 Å². The molecule has 3 aromatic heterocycles. The van der Waals surface area contributed by atoms with E-state index in [4.69, 9.17) is 24.0 Å². The molecule has 0 bridgehead atoms. The van der Waals surface area contributed by atoms with Crippen LogP contribution >= 0.6 is 0 Å². The number of morpholine rings is 1. The summed E-state index contributed by atoms with van der Waals surface area (Å²) in [7, 11) is 0. The number of rotatable bonds is 10. The molecule has 2 fully saturated rings. The Kier molecular flexibility index (Phi) is 7.81. The molecule has 14 heteroatoms. The van der Waals surface area contributed by atoms with Crippen LogP contribution in [0.1, 0.15) is 50.7 Å². The van der Waals surface area contributed by atoms with Gasteiger partial charge in [0.25, 0.3) is 5.89 Å². The van der Waals surface area contributed by atoms with Crippen LogP contribution in [0.2, 0.25) is 0 Å². The van der Waals surface area contributed by atoms with Crippen molar-refractivity contribution in [2.75, 3.05) is 50.0 Å². The van der Waals surface area contributed by atoms with Gasteiger partial charge in [0.05, 0.1) is 19.5 Å². The largest absolute Gasteiger partial charge is 0.387 e. The first-order chi connectivity index (χ1) is 18.0. The summed E-state index contributed by atoms with van der Waals surface area (Å²) in [6.07, 6.45) is -1.09. The van der Waals surface area contributed by atoms with E-state index in [-0.39, 0.29) is 11.9 Å². The van der Waals surface area contributed by atoms with E-state index in [1.165, 1.54) is 6.33 Å². The highest BCUT2D eigenvalue weighted by Crippen LogP contribution is 2.39. The second-order valence-electron chi connectivity index (χ2n) is 9.37. The average Bonchev–Trinajstić information content (AvgIpc) is 3.61. The number of aliphatic hydroxyl groups is 2. The van der Waals surface area contributed by atoms with Crippen LogP contribution in [0.5, 0.6) is 0 Å². The molecule has 4 atom stereocenters. The summed E-state index contributed by atoms with van der Waals surface area (Å²) in [5.41, 5.74) is 1.02. The smallest absolute Gasteiger partial charge is 0.258 e. The van der Waals surface area contributed by atoms with Crippen LogP contribution in [0.3, 0.4) is 0 Å². The maximum absolute atomic E-state index is 10.9. The first-order valence-electron chi connectivity index (χ1n) is 12.8. The van der Waals surface area contributed by atoms with E-state index in [1.54, 1.807) is 11.5 Å². The van der Waals surface area contributed by atoms with Crippen LogP contribution in [0.4, 0.5) is 11.8 Å². The Balaban J connectivity index is 1.43. The molecule has 0 aliphatic carbocycles. The molecule has 2 aliphatic rings. The van der Waals surface area contributed by atoms with Crippen molar-refractivity contribution in [1.29, 1.82) is 0 Å². The second kappa shape index (κ2) is 11.2. The Morgan fingerprint density at radius 1 is 1.11 bits per heavy atom. The van der Waals surface area contributed by atoms with Crippen molar-refractivity contribution in [2.24, 2.45) is 0 Å². The number of ether oxygens (including phenoxy) is 2. The number of fused-ring (bicyclic) bond motifs is 1. The quantitative estimate of drug-likeness (QED) is 0.299. The van der Waals surface area contributed by atoms with Gasteiger partial charge in [0.2, 0.25) is 5.95 Å². The van der Waals surface area contributed by atoms with Crippen molar-refractivity contribution in [3.05, 3.63) is 18.0 Å². The number of nitrogens with zero attached hydrogens (tertiary/aromatic N) is 7. The van der Waals surface area contributed by atoms with Gasteiger partial charge in [-0.1, -0.05) is 19.0 Å². The van der Waals surface area contributed by atoms with E-state index in [0.29, 0.717) is 35.3 Å². The lowest BCUT2D eigenvalue weighted by Crippen LogP contribution is -2.39. The summed E-state index contributed by atoms with van der Waals surface area (Å²) in [6, 6.07) is 0.213. The van der Waals surface area contributed by atoms with Gasteiger partial charge in [0.15, 0.2) is 35.1 Å². The first-order valence-corrected chi connectivity index (χ1v) is 12.8. The predicted molar refractivity (Wildman–Crippen MR) is 133 cm³/mol. The lowest BCUT2D eigenvalue weighted by molar-refractivity contribution is -0.0451. The molecule has 0 unspecified atom stereocenters. The number of anilines is 2. The summed E-state index contributed by atoms with van der Waals surface area (Å²) in [6.45, 7) is 10.7. The molecule has 2 aliphatic heterocycles. The van der Waals surface area contributed by atoms with Crippen LogP contribution in [0.15, 0.2) is 10.9 Å². The van der Waals surface area contributed by atoms with Gasteiger partial charge in [-0.25, -0.2) is 4.98 Å². The maximum atomic E-state index is 10.9. The van der Waals surface area contributed by atoms with Gasteiger partial charge in [-0.2, -0.15) is 15.0 Å². The minimum Gasteiger partial charge on any atom is -0.387 e. The van der Waals surface area contributed by atoms with Crippen molar-refractivity contribution >= 4 is 22.9 Å². The number of hydrogen-bond acceptors (Lipinski definition) is 13. The standard InChI is InChI=1S/C23H35N9O5/c1-4-14(5-2)27-19-15-20(29-23(28-19)24-6-7-31-8-10-35-11-9-31)32(12-25-15)22-17(34)16(33)18(36-22)21-26-13(3)30-37-21/h12,14,16-18,22,33-34H,4-11H2,1-3H3,(H2,24,27,28,29)/t16-,17+,18-,22+/m0/s1. The van der Waals surface area contributed by atoms with Crippen molar-refractivity contribution in [2.45, 2.75) is 64.2 Å². The predicted octanol–water partition coefficient (Wildman–Crippen LogP) is 0.854. The van der Waals surface area contributed by atoms with E-state index in [1.807, 2.05) is 0 Å². The third-order valence-electron chi connectivity index (χ3n) is 6.86. The molecule has 0 saturated carbocycles. The van der Waals surface area contributed by atoms with Crippen LogP contribution in [-0.4, -0.2) is 102 Å². The topological polar surface area (TPSA) is 169 Å². The zero-order valence-corrected chi connectivity index (χ0v) is 21.4. The fourth-order valence-electron chi connectivity index (χ4n) is 4.64. The molecule has 4 N–H and O–H groups in total. The molecule has 5 heterocycles. The van der Waals surface area contributed by atoms with Gasteiger partial charge in [0.1, 0.15) is 12.2 Å². The number of imidazole rings is 1. The summed E-state index contributed by atoms with van der Waals surface area (Å²) in [5, 5.41) is 32.1. The molecule has 0 aromatic carbocycles. The van der Waals surface area contributed by atoms with Crippen molar-refractivity contribution in [3.8, 4) is 0 Å². The van der Waals surface area contributed by atoms with E-state index in [2.05, 4.69) is 44.5 Å². The monoisotopic (exact) mass is 517 g/mol. The number of aliphatic hydroxyl groups excluding tert-OH is 2. The molecule has 0 spiro atoms. The molecular formula is C23H35N9O5. The van der Waals surface area contributed by atoms with Crippen LogP contribution in [0, 0.1) is 6.92 Å². The molecular weight excluding hydrogens is 482 g/mol. The Morgan fingerprint density at radius 2 is 1.89 bits per heavy atom. The van der Waals surface area contributed by atoms with Gasteiger partial charge in [-0.05, 0) is 19.8 Å². The van der Waals surface area contributed by atoms with Crippen molar-refractivity contribution in [3.63, 3.8) is 0 Å². The fraction of sp³-hybridized carbons (Fsp3) is 0.696. The molecule has 2 saturated heterocycles. The number of aryl methyl sites for hydroxylation is 1. The van der Waals surface area contributed by atoms with Gasteiger partial charge in [-0.15, -0.1) is 0 Å². The molecule has 3 aromatic rings. The molecule has 0 amide bonds. The summed E-state index contributed by atoms with van der Waals surface area (Å²) < 4.78 is 18.2. The SMILES string of the molecule is CCC(CC)Nc1nc(NCCN2CCOCC2)nc2c1ncn2[C@@H]1O[C@H](c2nc(C)no2)[C@@H](O)[C@H]1O. The minimum atomic E-state index is -1.27. The average molecular weight is 518 g/mol. The third kappa shape index (κ3) is 5.38. The van der Waals surface area contributed by atoms with Crippen LogP contribution < -0.4 is 10.6 Å². The zero-order valence-electron chi connectivity index (χ0n) is 21.4. The van der Waals surface area contributed by atoms with Crippen molar-refractivity contribution < 1.29 is 24.2 Å². The van der Waals surface area contributed by atoms with Gasteiger partial charge < -0.3 is 34.8 Å². The highest BCUT2D eigenvalue weighted by atomic mass is 16.6. The van der Waals surface area contributed by atoms with E-state index in [9.17, 15) is 10.2 Å². The summed E-state index contributed by atoms with van der Waals surface area (Å²) in [5.74, 6) is 1.55. The van der Waals surface area contributed by atoms with Crippen LogP contribution in [0.25, 0.3) is 11.2 Å². The number of hydrogen-bond donors (Lipinski definition) is 4. The Hall–Kier alpha value is -2.91. The van der Waals surface area contributed by atoms with E-state index >= 15 is 0 Å². The summed E-state index contributed by atoms with van der Waals surface area (Å²) in [4.78, 5) is 20.5. The van der Waals surface area contributed by atoms with Gasteiger partial charge in [0, 0.05) is 32.2 Å². The highest BCUT2D eigenvalue weighted by Gasteiger charge is 2.47. The minimum absolute atomic E-state index is 0.104. The fourth-order valence-corrected chi connectivity index (χ4v) is 4.64. The molecule has 0 radical (unpaired) electrons. The maximum Gasteiger partial charge on any atom is 0.258 e. The normalized spacial score (nSPS) is 24.8. The van der Waals surface area contributed by atoms with Crippen LogP contribution in [-0.2, 0) is 9.47 Å². The Labute approximate surface area is 214 Å². The van der Waals surface area contributed by atoms with E-state index in [0.717, 1.165) is 45.7 Å². The van der Waals surface area contributed by atoms with E-state index < -0.39 is 24.5 Å². The Bertz CT molecular complexity index is 1180. The highest BCUT2D eigenvalue weighted by molar-refractivity contribution is 5.84. The zero-order chi connectivity index (χ0) is 25.9. The Morgan fingerprint density at radius 3 is 2.59 bits per heavy atom. The number of nitrogens with one attached hydrogen (secondary N) is 2. The van der Waals surface area contributed by atoms with Gasteiger partial charge in [-0.3, -0.25) is 9.47 Å². The molecule has 14 nitrogen and oxygen atoms in total. The summed E-state index contributed by atoms with van der Waals surface area (Å²) >= 11 is 0. The lowest BCUT2D eigenvalue weighted by Gasteiger charge is -2.26. The first kappa shape index (κ1) is 25.7. The third-order valence-corrected chi connectivity index (χ3v) is 6.86. The molecule has 202 valence electrons. The number of aromatic nitrogens is 6. The molecule has 37 heavy (non-hydrogen) atoms. The van der Waals surface area contributed by atoms with Gasteiger partial charge >= 0.3 is 0 Å². The lowest BCUT2D eigenvalue weighted by atomic mass is 10.1. The molecule has 5 rings (SSSR count).